The van der Waals surface area contributed by atoms with Crippen LogP contribution in [0.25, 0.3) is 0 Å². The molecule has 0 aromatic carbocycles. The van der Waals surface area contributed by atoms with E-state index in [-0.39, 0.29) is 0 Å². The van der Waals surface area contributed by atoms with E-state index < -0.39 is 0 Å². The van der Waals surface area contributed by atoms with Crippen LogP contribution in [0, 0.1) is 0 Å². The van der Waals surface area contributed by atoms with Crippen molar-refractivity contribution in [2.45, 2.75) is 38.1 Å². The van der Waals surface area contributed by atoms with Crippen molar-refractivity contribution in [1.29, 1.82) is 0 Å². The third-order valence-electron chi connectivity index (χ3n) is 2.78. The third-order valence-corrected chi connectivity index (χ3v) is 2.78. The van der Waals surface area contributed by atoms with Crippen LogP contribution in [0.1, 0.15) is 31.5 Å². The third kappa shape index (κ3) is 2.54. The molecule has 1 aromatic heterocycles. The highest BCUT2D eigenvalue weighted by atomic mass is 15.3. The maximum Gasteiger partial charge on any atom is 0.150 e. The van der Waals surface area contributed by atoms with Crippen LogP contribution < -0.4 is 5.32 Å². The molecule has 0 spiro atoms. The fourth-order valence-electron chi connectivity index (χ4n) is 1.97. The number of aryl methyl sites for hydroxylation is 2. The van der Waals surface area contributed by atoms with Crippen molar-refractivity contribution in [3.8, 4) is 0 Å². The summed E-state index contributed by atoms with van der Waals surface area (Å²) in [4.78, 5) is 4.22. The van der Waals surface area contributed by atoms with Gasteiger partial charge in [0.2, 0.25) is 0 Å². The van der Waals surface area contributed by atoms with Crippen LogP contribution in [0.2, 0.25) is 0 Å². The molecule has 1 aliphatic rings. The first-order valence-corrected chi connectivity index (χ1v) is 5.42. The lowest BCUT2D eigenvalue weighted by molar-refractivity contribution is 0.380. The zero-order valence-electron chi connectivity index (χ0n) is 8.74. The molecule has 1 aromatic rings. The van der Waals surface area contributed by atoms with Gasteiger partial charge in [-0.2, -0.15) is 5.10 Å². The number of rotatable bonds is 3. The Balaban J connectivity index is 1.76. The SMILES string of the molecule is Cn1cnc(CCC2CCCCN2)n1. The molecule has 0 amide bonds. The summed E-state index contributed by atoms with van der Waals surface area (Å²) in [6, 6.07) is 0.688. The molecule has 2 rings (SSSR count). The van der Waals surface area contributed by atoms with Crippen LogP contribution in [0.4, 0.5) is 0 Å². The molecule has 1 fully saturated rings. The van der Waals surface area contributed by atoms with E-state index in [2.05, 4.69) is 15.4 Å². The molecule has 1 N–H and O–H groups in total. The molecule has 0 aliphatic carbocycles. The Labute approximate surface area is 84.7 Å². The lowest BCUT2D eigenvalue weighted by Crippen LogP contribution is -2.34. The van der Waals surface area contributed by atoms with Gasteiger partial charge in [0.1, 0.15) is 6.33 Å². The number of hydrogen-bond donors (Lipinski definition) is 1. The van der Waals surface area contributed by atoms with Crippen molar-refractivity contribution < 1.29 is 0 Å². The van der Waals surface area contributed by atoms with Crippen molar-refractivity contribution >= 4 is 0 Å². The molecule has 4 heteroatoms. The van der Waals surface area contributed by atoms with Crippen molar-refractivity contribution in [2.24, 2.45) is 7.05 Å². The second-order valence-electron chi connectivity index (χ2n) is 4.02. The molecule has 0 bridgehead atoms. The largest absolute Gasteiger partial charge is 0.314 e. The minimum atomic E-state index is 0.688. The maximum atomic E-state index is 4.27. The van der Waals surface area contributed by atoms with E-state index in [1.807, 2.05) is 7.05 Å². The van der Waals surface area contributed by atoms with E-state index in [0.717, 1.165) is 12.2 Å². The first kappa shape index (κ1) is 9.65. The Morgan fingerprint density at radius 2 is 2.50 bits per heavy atom. The molecule has 0 saturated carbocycles. The Kier molecular flexibility index (Phi) is 3.14. The van der Waals surface area contributed by atoms with E-state index in [1.54, 1.807) is 11.0 Å². The Morgan fingerprint density at radius 3 is 3.14 bits per heavy atom. The van der Waals surface area contributed by atoms with Gasteiger partial charge < -0.3 is 5.32 Å². The van der Waals surface area contributed by atoms with Crippen LogP contribution in [-0.4, -0.2) is 27.4 Å². The smallest absolute Gasteiger partial charge is 0.150 e. The lowest BCUT2D eigenvalue weighted by atomic mass is 10.0. The Bertz CT molecular complexity index is 275. The monoisotopic (exact) mass is 194 g/mol. The molecular formula is C10H18N4. The highest BCUT2D eigenvalue weighted by molar-refractivity contribution is 4.84. The van der Waals surface area contributed by atoms with Gasteiger partial charge in [-0.05, 0) is 25.8 Å². The molecule has 1 aliphatic heterocycles. The predicted octanol–water partition coefficient (Wildman–Crippen LogP) is 0.890. The summed E-state index contributed by atoms with van der Waals surface area (Å²) < 4.78 is 1.77. The molecule has 0 radical (unpaired) electrons. The van der Waals surface area contributed by atoms with Crippen LogP contribution in [0.3, 0.4) is 0 Å². The summed E-state index contributed by atoms with van der Waals surface area (Å²) in [6.45, 7) is 1.18. The zero-order valence-corrected chi connectivity index (χ0v) is 8.74. The quantitative estimate of drug-likeness (QED) is 0.777. The molecule has 14 heavy (non-hydrogen) atoms. The van der Waals surface area contributed by atoms with E-state index in [0.29, 0.717) is 6.04 Å². The van der Waals surface area contributed by atoms with E-state index in [1.165, 1.54) is 32.2 Å². The fraction of sp³-hybridized carbons (Fsp3) is 0.800. The lowest BCUT2D eigenvalue weighted by Gasteiger charge is -2.22. The van der Waals surface area contributed by atoms with Gasteiger partial charge in [0.05, 0.1) is 0 Å². The molecule has 78 valence electrons. The average molecular weight is 194 g/mol. The minimum Gasteiger partial charge on any atom is -0.314 e. The summed E-state index contributed by atoms with van der Waals surface area (Å²) in [6.07, 6.45) is 7.95. The molecule has 2 heterocycles. The second kappa shape index (κ2) is 4.55. The van der Waals surface area contributed by atoms with Crippen LogP contribution in [-0.2, 0) is 13.5 Å². The number of nitrogens with one attached hydrogen (secondary N) is 1. The van der Waals surface area contributed by atoms with Crippen molar-refractivity contribution in [3.05, 3.63) is 12.2 Å². The first-order valence-electron chi connectivity index (χ1n) is 5.42. The number of nitrogens with zero attached hydrogens (tertiary/aromatic N) is 3. The Morgan fingerprint density at radius 1 is 1.57 bits per heavy atom. The summed E-state index contributed by atoms with van der Waals surface area (Å²) in [5, 5.41) is 7.81. The summed E-state index contributed by atoms with van der Waals surface area (Å²) in [5.41, 5.74) is 0. The highest BCUT2D eigenvalue weighted by Crippen LogP contribution is 2.11. The second-order valence-corrected chi connectivity index (χ2v) is 4.02. The van der Waals surface area contributed by atoms with Gasteiger partial charge in [0, 0.05) is 19.5 Å². The standard InChI is InChI=1S/C10H18N4/c1-14-8-12-10(13-14)6-5-9-4-2-3-7-11-9/h8-9,11H,2-7H2,1H3. The topological polar surface area (TPSA) is 42.7 Å². The zero-order chi connectivity index (χ0) is 9.80. The van der Waals surface area contributed by atoms with Crippen LogP contribution >= 0.6 is 0 Å². The minimum absolute atomic E-state index is 0.688. The van der Waals surface area contributed by atoms with Gasteiger partial charge in [0.25, 0.3) is 0 Å². The molecule has 1 unspecified atom stereocenters. The molecule has 4 nitrogen and oxygen atoms in total. The number of aromatic nitrogens is 3. The predicted molar refractivity (Wildman–Crippen MR) is 55.0 cm³/mol. The van der Waals surface area contributed by atoms with E-state index in [9.17, 15) is 0 Å². The van der Waals surface area contributed by atoms with Gasteiger partial charge in [-0.15, -0.1) is 0 Å². The summed E-state index contributed by atoms with van der Waals surface area (Å²) in [5.74, 6) is 0.972. The number of hydrogen-bond acceptors (Lipinski definition) is 3. The maximum absolute atomic E-state index is 4.27. The van der Waals surface area contributed by atoms with E-state index >= 15 is 0 Å². The van der Waals surface area contributed by atoms with Gasteiger partial charge in [0.15, 0.2) is 5.82 Å². The molecule has 1 atom stereocenters. The molecular weight excluding hydrogens is 176 g/mol. The average Bonchev–Trinajstić information content (AvgIpc) is 2.63. The van der Waals surface area contributed by atoms with Crippen molar-refractivity contribution in [1.82, 2.24) is 20.1 Å². The van der Waals surface area contributed by atoms with Gasteiger partial charge in [-0.1, -0.05) is 6.42 Å². The van der Waals surface area contributed by atoms with Crippen molar-refractivity contribution in [3.63, 3.8) is 0 Å². The fourth-order valence-corrected chi connectivity index (χ4v) is 1.97. The first-order chi connectivity index (χ1) is 6.84. The molecule has 1 saturated heterocycles. The van der Waals surface area contributed by atoms with Gasteiger partial charge in [-0.3, -0.25) is 4.68 Å². The number of piperidine rings is 1. The van der Waals surface area contributed by atoms with E-state index in [4.69, 9.17) is 0 Å². The van der Waals surface area contributed by atoms with Crippen LogP contribution in [0.15, 0.2) is 6.33 Å². The van der Waals surface area contributed by atoms with Gasteiger partial charge >= 0.3 is 0 Å². The summed E-state index contributed by atoms with van der Waals surface area (Å²) in [7, 11) is 1.91. The van der Waals surface area contributed by atoms with Gasteiger partial charge in [-0.25, -0.2) is 4.98 Å². The normalized spacial score (nSPS) is 22.5. The Hall–Kier alpha value is -0.900. The van der Waals surface area contributed by atoms with Crippen LogP contribution in [0.5, 0.6) is 0 Å². The highest BCUT2D eigenvalue weighted by Gasteiger charge is 2.12. The summed E-state index contributed by atoms with van der Waals surface area (Å²) >= 11 is 0. The van der Waals surface area contributed by atoms with Crippen molar-refractivity contribution in [2.75, 3.05) is 6.54 Å².